The molecule has 128 valence electrons. The van der Waals surface area contributed by atoms with Crippen molar-refractivity contribution in [1.82, 2.24) is 15.6 Å². The number of hydrogen-bond donors (Lipinski definition) is 2. The third kappa shape index (κ3) is 5.74. The highest BCUT2D eigenvalue weighted by Gasteiger charge is 2.02. The predicted octanol–water partition coefficient (Wildman–Crippen LogP) is 2.71. The van der Waals surface area contributed by atoms with Gasteiger partial charge in [-0.15, -0.1) is 0 Å². The number of pyridine rings is 1. The second-order valence-corrected chi connectivity index (χ2v) is 6.05. The van der Waals surface area contributed by atoms with Gasteiger partial charge in [-0.2, -0.15) is 0 Å². The van der Waals surface area contributed by atoms with Gasteiger partial charge in [0.05, 0.1) is 12.2 Å². The molecule has 0 fully saturated rings. The predicted molar refractivity (Wildman–Crippen MR) is 102 cm³/mol. The molecule has 6 heteroatoms. The number of anilines is 1. The van der Waals surface area contributed by atoms with E-state index < -0.39 is 0 Å². The molecule has 0 radical (unpaired) electrons. The van der Waals surface area contributed by atoms with Crippen LogP contribution in [0.2, 0.25) is 5.02 Å². The van der Waals surface area contributed by atoms with Gasteiger partial charge >= 0.3 is 0 Å². The highest BCUT2D eigenvalue weighted by molar-refractivity contribution is 6.30. The van der Waals surface area contributed by atoms with Gasteiger partial charge in [0, 0.05) is 32.7 Å². The van der Waals surface area contributed by atoms with Crippen LogP contribution in [0.15, 0.2) is 47.5 Å². The Kier molecular flexibility index (Phi) is 6.88. The summed E-state index contributed by atoms with van der Waals surface area (Å²) in [7, 11) is 5.73. The lowest BCUT2D eigenvalue weighted by Crippen LogP contribution is -2.38. The average Bonchev–Trinajstić information content (AvgIpc) is 2.59. The van der Waals surface area contributed by atoms with Gasteiger partial charge in [-0.25, -0.2) is 4.98 Å². The van der Waals surface area contributed by atoms with Crippen molar-refractivity contribution >= 4 is 23.4 Å². The number of aliphatic imine (C=N–C) groups is 1. The van der Waals surface area contributed by atoms with Crippen LogP contribution in [0, 0.1) is 0 Å². The summed E-state index contributed by atoms with van der Waals surface area (Å²) in [5, 5.41) is 7.35. The monoisotopic (exact) mass is 345 g/mol. The van der Waals surface area contributed by atoms with Gasteiger partial charge in [-0.3, -0.25) is 4.99 Å². The molecule has 1 aromatic heterocycles. The van der Waals surface area contributed by atoms with E-state index in [1.165, 1.54) is 5.56 Å². The van der Waals surface area contributed by atoms with Crippen molar-refractivity contribution in [3.8, 4) is 0 Å². The summed E-state index contributed by atoms with van der Waals surface area (Å²) in [5.41, 5.74) is 2.21. The molecular formula is C18H24ClN5. The van der Waals surface area contributed by atoms with Crippen molar-refractivity contribution < 1.29 is 0 Å². The maximum Gasteiger partial charge on any atom is 0.191 e. The number of benzene rings is 1. The zero-order valence-corrected chi connectivity index (χ0v) is 15.1. The molecule has 0 bridgehead atoms. The summed E-state index contributed by atoms with van der Waals surface area (Å²) in [6.45, 7) is 1.43. The SMILES string of the molecule is CN=C(NCCc1ccc(Cl)cc1)NCc1cccc(N(C)C)n1. The van der Waals surface area contributed by atoms with E-state index in [0.717, 1.165) is 35.5 Å². The normalized spacial score (nSPS) is 11.2. The van der Waals surface area contributed by atoms with Crippen molar-refractivity contribution in [1.29, 1.82) is 0 Å². The summed E-state index contributed by atoms with van der Waals surface area (Å²) in [6, 6.07) is 13.9. The minimum atomic E-state index is 0.627. The Balaban J connectivity index is 1.80. The van der Waals surface area contributed by atoms with Gasteiger partial charge in [0.25, 0.3) is 0 Å². The molecule has 0 unspecified atom stereocenters. The number of rotatable bonds is 6. The van der Waals surface area contributed by atoms with Crippen molar-refractivity contribution in [3.05, 3.63) is 58.7 Å². The van der Waals surface area contributed by atoms with Crippen LogP contribution in [-0.2, 0) is 13.0 Å². The quantitative estimate of drug-likeness (QED) is 0.624. The Morgan fingerprint density at radius 2 is 1.88 bits per heavy atom. The molecule has 0 saturated heterocycles. The third-order valence-electron chi connectivity index (χ3n) is 3.53. The zero-order chi connectivity index (χ0) is 17.4. The summed E-state index contributed by atoms with van der Waals surface area (Å²) < 4.78 is 0. The van der Waals surface area contributed by atoms with Gasteiger partial charge in [-0.05, 0) is 36.2 Å². The van der Waals surface area contributed by atoms with E-state index in [0.29, 0.717) is 6.54 Å². The Morgan fingerprint density at radius 3 is 2.54 bits per heavy atom. The maximum atomic E-state index is 5.89. The highest BCUT2D eigenvalue weighted by Crippen LogP contribution is 2.09. The minimum Gasteiger partial charge on any atom is -0.363 e. The summed E-state index contributed by atoms with van der Waals surface area (Å²) in [6.07, 6.45) is 0.909. The topological polar surface area (TPSA) is 52.6 Å². The second kappa shape index (κ2) is 9.13. The van der Waals surface area contributed by atoms with Gasteiger partial charge in [0.15, 0.2) is 5.96 Å². The zero-order valence-electron chi connectivity index (χ0n) is 14.4. The van der Waals surface area contributed by atoms with E-state index in [1.54, 1.807) is 7.05 Å². The molecule has 0 atom stereocenters. The molecule has 0 amide bonds. The lowest BCUT2D eigenvalue weighted by atomic mass is 10.1. The fourth-order valence-electron chi connectivity index (χ4n) is 2.19. The third-order valence-corrected chi connectivity index (χ3v) is 3.78. The first-order valence-electron chi connectivity index (χ1n) is 7.90. The number of guanidine groups is 1. The smallest absolute Gasteiger partial charge is 0.191 e. The summed E-state index contributed by atoms with van der Waals surface area (Å²) in [4.78, 5) is 10.8. The van der Waals surface area contributed by atoms with E-state index in [4.69, 9.17) is 11.6 Å². The molecule has 2 rings (SSSR count). The van der Waals surface area contributed by atoms with Crippen LogP contribution >= 0.6 is 11.6 Å². The van der Waals surface area contributed by atoms with E-state index in [-0.39, 0.29) is 0 Å². The van der Waals surface area contributed by atoms with Gasteiger partial charge < -0.3 is 15.5 Å². The van der Waals surface area contributed by atoms with Crippen LogP contribution in [0.25, 0.3) is 0 Å². The standard InChI is InChI=1S/C18H24ClN5/c1-20-18(21-12-11-14-7-9-15(19)10-8-14)22-13-16-5-4-6-17(23-16)24(2)3/h4-10H,11-13H2,1-3H3,(H2,20,21,22). The fraction of sp³-hybridized carbons (Fsp3) is 0.333. The molecule has 2 aromatic rings. The summed E-state index contributed by atoms with van der Waals surface area (Å²) in [5.74, 6) is 1.71. The van der Waals surface area contributed by atoms with Gasteiger partial charge in [0.1, 0.15) is 5.82 Å². The Labute approximate surface area is 148 Å². The van der Waals surface area contributed by atoms with Gasteiger partial charge in [0.2, 0.25) is 0 Å². The molecule has 0 aliphatic carbocycles. The largest absolute Gasteiger partial charge is 0.363 e. The van der Waals surface area contributed by atoms with Crippen molar-refractivity contribution in [2.24, 2.45) is 4.99 Å². The molecular weight excluding hydrogens is 322 g/mol. The van der Waals surface area contributed by atoms with Crippen molar-refractivity contribution in [3.63, 3.8) is 0 Å². The van der Waals surface area contributed by atoms with Crippen LogP contribution in [-0.4, -0.2) is 38.6 Å². The molecule has 0 saturated carbocycles. The molecule has 2 N–H and O–H groups in total. The highest BCUT2D eigenvalue weighted by atomic mass is 35.5. The van der Waals surface area contributed by atoms with E-state index >= 15 is 0 Å². The van der Waals surface area contributed by atoms with Crippen molar-refractivity contribution in [2.45, 2.75) is 13.0 Å². The minimum absolute atomic E-state index is 0.627. The first-order chi connectivity index (χ1) is 11.6. The molecule has 0 aliphatic heterocycles. The Hall–Kier alpha value is -2.27. The van der Waals surface area contributed by atoms with E-state index in [2.05, 4.69) is 20.6 Å². The summed E-state index contributed by atoms with van der Waals surface area (Å²) >= 11 is 5.89. The van der Waals surface area contributed by atoms with Crippen LogP contribution in [0.4, 0.5) is 5.82 Å². The van der Waals surface area contributed by atoms with Gasteiger partial charge in [-0.1, -0.05) is 29.8 Å². The number of aromatic nitrogens is 1. The molecule has 5 nitrogen and oxygen atoms in total. The Bertz CT molecular complexity index is 667. The lowest BCUT2D eigenvalue weighted by molar-refractivity contribution is 0.782. The number of hydrogen-bond acceptors (Lipinski definition) is 3. The number of nitrogens with one attached hydrogen (secondary N) is 2. The van der Waals surface area contributed by atoms with E-state index in [1.807, 2.05) is 61.5 Å². The van der Waals surface area contributed by atoms with Crippen LogP contribution in [0.5, 0.6) is 0 Å². The molecule has 1 heterocycles. The Morgan fingerprint density at radius 1 is 1.12 bits per heavy atom. The first kappa shape index (κ1) is 18.1. The van der Waals surface area contributed by atoms with Crippen LogP contribution < -0.4 is 15.5 Å². The van der Waals surface area contributed by atoms with E-state index in [9.17, 15) is 0 Å². The fourth-order valence-corrected chi connectivity index (χ4v) is 2.31. The van der Waals surface area contributed by atoms with Crippen LogP contribution in [0.1, 0.15) is 11.3 Å². The number of nitrogens with zero attached hydrogens (tertiary/aromatic N) is 3. The molecule has 1 aromatic carbocycles. The molecule has 0 spiro atoms. The van der Waals surface area contributed by atoms with Crippen LogP contribution in [0.3, 0.4) is 0 Å². The lowest BCUT2D eigenvalue weighted by Gasteiger charge is -2.14. The first-order valence-corrected chi connectivity index (χ1v) is 8.28. The van der Waals surface area contributed by atoms with Crippen molar-refractivity contribution in [2.75, 3.05) is 32.6 Å². The maximum absolute atomic E-state index is 5.89. The average molecular weight is 346 g/mol. The number of halogens is 1. The molecule has 0 aliphatic rings. The molecule has 24 heavy (non-hydrogen) atoms. The second-order valence-electron chi connectivity index (χ2n) is 5.61.